The molecule has 1 unspecified atom stereocenters. The standard InChI is InChI=1S/C12H17N3S/c1-8(9-3-2-4-9)15-11-7-14-6-5-10(11)12(13)16/h5-9,15H,2-4H2,1H3,(H2,13,16). The van der Waals surface area contributed by atoms with Crippen molar-refractivity contribution in [2.24, 2.45) is 11.7 Å². The van der Waals surface area contributed by atoms with Gasteiger partial charge >= 0.3 is 0 Å². The predicted molar refractivity (Wildman–Crippen MR) is 70.6 cm³/mol. The summed E-state index contributed by atoms with van der Waals surface area (Å²) < 4.78 is 0. The number of rotatable bonds is 4. The number of pyridine rings is 1. The molecule has 0 spiro atoms. The van der Waals surface area contributed by atoms with Gasteiger partial charge in [0, 0.05) is 17.8 Å². The fourth-order valence-corrected chi connectivity index (χ4v) is 2.21. The lowest BCUT2D eigenvalue weighted by Crippen LogP contribution is -2.31. The first-order valence-corrected chi connectivity index (χ1v) is 6.09. The number of nitrogens with zero attached hydrogens (tertiary/aromatic N) is 1. The van der Waals surface area contributed by atoms with Crippen LogP contribution in [0.5, 0.6) is 0 Å². The van der Waals surface area contributed by atoms with Gasteiger partial charge in [0.15, 0.2) is 0 Å². The van der Waals surface area contributed by atoms with E-state index in [1.807, 2.05) is 6.07 Å². The molecule has 3 nitrogen and oxygen atoms in total. The Bertz CT molecular complexity index is 388. The van der Waals surface area contributed by atoms with Gasteiger partial charge in [0.2, 0.25) is 0 Å². The maximum absolute atomic E-state index is 5.68. The second-order valence-electron chi connectivity index (χ2n) is 4.41. The van der Waals surface area contributed by atoms with Crippen molar-refractivity contribution >= 4 is 22.9 Å². The van der Waals surface area contributed by atoms with Crippen LogP contribution < -0.4 is 11.1 Å². The van der Waals surface area contributed by atoms with Gasteiger partial charge in [0.1, 0.15) is 4.99 Å². The average molecular weight is 235 g/mol. The molecule has 1 fully saturated rings. The smallest absolute Gasteiger partial charge is 0.106 e. The molecule has 0 radical (unpaired) electrons. The molecule has 1 aromatic heterocycles. The zero-order valence-electron chi connectivity index (χ0n) is 9.44. The Balaban J connectivity index is 2.10. The van der Waals surface area contributed by atoms with Crippen molar-refractivity contribution in [3.63, 3.8) is 0 Å². The van der Waals surface area contributed by atoms with Crippen LogP contribution in [-0.2, 0) is 0 Å². The van der Waals surface area contributed by atoms with Crippen LogP contribution in [0.2, 0.25) is 0 Å². The molecule has 0 amide bonds. The van der Waals surface area contributed by atoms with E-state index < -0.39 is 0 Å². The third-order valence-electron chi connectivity index (χ3n) is 3.33. The van der Waals surface area contributed by atoms with Crippen LogP contribution >= 0.6 is 12.2 Å². The van der Waals surface area contributed by atoms with Gasteiger partial charge in [-0.05, 0) is 31.7 Å². The van der Waals surface area contributed by atoms with E-state index in [-0.39, 0.29) is 0 Å². The fraction of sp³-hybridized carbons (Fsp3) is 0.500. The SMILES string of the molecule is CC(Nc1cnccc1C(N)=S)C1CCC1. The number of nitrogens with one attached hydrogen (secondary N) is 1. The molecule has 3 N–H and O–H groups in total. The monoisotopic (exact) mass is 235 g/mol. The van der Waals surface area contributed by atoms with Gasteiger partial charge in [-0.3, -0.25) is 4.98 Å². The van der Waals surface area contributed by atoms with E-state index >= 15 is 0 Å². The Morgan fingerprint density at radius 2 is 2.38 bits per heavy atom. The summed E-state index contributed by atoms with van der Waals surface area (Å²) in [6, 6.07) is 2.32. The molecule has 2 rings (SSSR count). The third-order valence-corrected chi connectivity index (χ3v) is 3.55. The zero-order valence-corrected chi connectivity index (χ0v) is 10.3. The van der Waals surface area contributed by atoms with Crippen molar-refractivity contribution in [3.05, 3.63) is 24.0 Å². The van der Waals surface area contributed by atoms with Gasteiger partial charge in [-0.25, -0.2) is 0 Å². The van der Waals surface area contributed by atoms with Crippen LogP contribution in [0.25, 0.3) is 0 Å². The van der Waals surface area contributed by atoms with E-state index in [0.717, 1.165) is 17.2 Å². The zero-order chi connectivity index (χ0) is 11.5. The highest BCUT2D eigenvalue weighted by Gasteiger charge is 2.24. The second kappa shape index (κ2) is 4.78. The van der Waals surface area contributed by atoms with E-state index in [9.17, 15) is 0 Å². The summed E-state index contributed by atoms with van der Waals surface area (Å²) in [5, 5.41) is 3.46. The van der Waals surface area contributed by atoms with Crippen molar-refractivity contribution in [2.45, 2.75) is 32.2 Å². The Kier molecular flexibility index (Phi) is 3.39. The van der Waals surface area contributed by atoms with Crippen LogP contribution in [-0.4, -0.2) is 16.0 Å². The number of hydrogen-bond acceptors (Lipinski definition) is 3. The number of hydrogen-bond donors (Lipinski definition) is 2. The maximum atomic E-state index is 5.68. The van der Waals surface area contributed by atoms with Gasteiger partial charge in [0.05, 0.1) is 11.9 Å². The maximum Gasteiger partial charge on any atom is 0.106 e. The Labute approximate surface area is 101 Å². The van der Waals surface area contributed by atoms with Crippen LogP contribution in [0.4, 0.5) is 5.69 Å². The molecular weight excluding hydrogens is 218 g/mol. The minimum absolute atomic E-state index is 0.422. The summed E-state index contributed by atoms with van der Waals surface area (Å²) in [5.41, 5.74) is 7.52. The highest BCUT2D eigenvalue weighted by Crippen LogP contribution is 2.31. The highest BCUT2D eigenvalue weighted by molar-refractivity contribution is 7.80. The number of anilines is 1. The fourth-order valence-electron chi connectivity index (χ4n) is 2.03. The molecule has 86 valence electrons. The molecular formula is C12H17N3S. The lowest BCUT2D eigenvalue weighted by Gasteiger charge is -2.32. The summed E-state index contributed by atoms with van der Waals surface area (Å²) in [6.07, 6.45) is 7.50. The van der Waals surface area contributed by atoms with Crippen molar-refractivity contribution < 1.29 is 0 Å². The summed E-state index contributed by atoms with van der Waals surface area (Å²) in [7, 11) is 0. The lowest BCUT2D eigenvalue weighted by atomic mass is 9.80. The van der Waals surface area contributed by atoms with Crippen molar-refractivity contribution in [1.82, 2.24) is 4.98 Å². The van der Waals surface area contributed by atoms with Crippen LogP contribution in [0.1, 0.15) is 31.7 Å². The molecule has 1 aliphatic rings. The number of nitrogens with two attached hydrogens (primary N) is 1. The first kappa shape index (κ1) is 11.3. The highest BCUT2D eigenvalue weighted by atomic mass is 32.1. The molecule has 1 heterocycles. The molecule has 1 aromatic rings. The molecule has 4 heteroatoms. The quantitative estimate of drug-likeness (QED) is 0.786. The number of aromatic nitrogens is 1. The van der Waals surface area contributed by atoms with Crippen LogP contribution in [0, 0.1) is 5.92 Å². The summed E-state index contributed by atoms with van der Waals surface area (Å²) in [6.45, 7) is 2.21. The summed E-state index contributed by atoms with van der Waals surface area (Å²) in [4.78, 5) is 4.53. The Hall–Kier alpha value is -1.16. The summed E-state index contributed by atoms with van der Waals surface area (Å²) >= 11 is 5.02. The molecule has 1 atom stereocenters. The van der Waals surface area contributed by atoms with E-state index in [4.69, 9.17) is 18.0 Å². The Morgan fingerprint density at radius 3 is 2.94 bits per heavy atom. The predicted octanol–water partition coefficient (Wildman–Crippen LogP) is 2.32. The molecule has 16 heavy (non-hydrogen) atoms. The first-order chi connectivity index (χ1) is 7.68. The lowest BCUT2D eigenvalue weighted by molar-refractivity contribution is 0.285. The Morgan fingerprint density at radius 1 is 1.62 bits per heavy atom. The van der Waals surface area contributed by atoms with E-state index in [2.05, 4.69) is 17.2 Å². The molecule has 0 aliphatic heterocycles. The van der Waals surface area contributed by atoms with Crippen molar-refractivity contribution in [1.29, 1.82) is 0 Å². The molecule has 1 saturated carbocycles. The molecule has 1 aliphatic carbocycles. The minimum atomic E-state index is 0.422. The van der Waals surface area contributed by atoms with E-state index in [1.54, 1.807) is 12.4 Å². The first-order valence-electron chi connectivity index (χ1n) is 5.69. The third kappa shape index (κ3) is 2.32. The summed E-state index contributed by atoms with van der Waals surface area (Å²) in [5.74, 6) is 0.777. The molecule has 0 aromatic carbocycles. The average Bonchev–Trinajstić information content (AvgIpc) is 2.15. The van der Waals surface area contributed by atoms with Crippen molar-refractivity contribution in [3.8, 4) is 0 Å². The number of thiocarbonyl (C=S) groups is 1. The van der Waals surface area contributed by atoms with E-state index in [0.29, 0.717) is 11.0 Å². The molecule has 0 saturated heterocycles. The molecule has 0 bridgehead atoms. The van der Waals surface area contributed by atoms with Crippen LogP contribution in [0.3, 0.4) is 0 Å². The second-order valence-corrected chi connectivity index (χ2v) is 4.85. The normalized spacial score (nSPS) is 17.6. The minimum Gasteiger partial charge on any atom is -0.389 e. The van der Waals surface area contributed by atoms with Gasteiger partial charge in [0.25, 0.3) is 0 Å². The topological polar surface area (TPSA) is 50.9 Å². The van der Waals surface area contributed by atoms with Crippen LogP contribution in [0.15, 0.2) is 18.5 Å². The van der Waals surface area contributed by atoms with Gasteiger partial charge in [-0.2, -0.15) is 0 Å². The van der Waals surface area contributed by atoms with Gasteiger partial charge < -0.3 is 11.1 Å². The van der Waals surface area contributed by atoms with Gasteiger partial charge in [-0.1, -0.05) is 18.6 Å². The van der Waals surface area contributed by atoms with E-state index in [1.165, 1.54) is 19.3 Å². The largest absolute Gasteiger partial charge is 0.389 e. The van der Waals surface area contributed by atoms with Crippen molar-refractivity contribution in [2.75, 3.05) is 5.32 Å². The van der Waals surface area contributed by atoms with Gasteiger partial charge in [-0.15, -0.1) is 0 Å².